The summed E-state index contributed by atoms with van der Waals surface area (Å²) in [5.74, 6) is 0.739. The van der Waals surface area contributed by atoms with Crippen LogP contribution in [0.5, 0.6) is 0 Å². The van der Waals surface area contributed by atoms with Gasteiger partial charge in [0.2, 0.25) is 0 Å². The van der Waals surface area contributed by atoms with Gasteiger partial charge in [-0.15, -0.1) is 0 Å². The summed E-state index contributed by atoms with van der Waals surface area (Å²) in [5.41, 5.74) is 2.11. The third-order valence-corrected chi connectivity index (χ3v) is 4.60. The van der Waals surface area contributed by atoms with E-state index in [0.717, 1.165) is 29.8 Å². The van der Waals surface area contributed by atoms with Gasteiger partial charge in [0.15, 0.2) is 0 Å². The van der Waals surface area contributed by atoms with Gasteiger partial charge in [-0.2, -0.15) is 0 Å². The molecule has 6 heteroatoms. The lowest BCUT2D eigenvalue weighted by Gasteiger charge is -2.18. The summed E-state index contributed by atoms with van der Waals surface area (Å²) >= 11 is 5.96. The van der Waals surface area contributed by atoms with Crippen LogP contribution in [0.2, 0.25) is 5.02 Å². The lowest BCUT2D eigenvalue weighted by molar-refractivity contribution is 0.102. The van der Waals surface area contributed by atoms with Crippen LogP contribution in [0.25, 0.3) is 10.9 Å². The second-order valence-corrected chi connectivity index (χ2v) is 6.52. The minimum atomic E-state index is -0.193. The predicted octanol–water partition coefficient (Wildman–Crippen LogP) is 4.14. The molecule has 1 aliphatic rings. The van der Waals surface area contributed by atoms with Crippen molar-refractivity contribution in [3.63, 3.8) is 0 Å². The van der Waals surface area contributed by atoms with Crippen molar-refractivity contribution >= 4 is 39.9 Å². The average Bonchev–Trinajstić information content (AvgIpc) is 3.15. The van der Waals surface area contributed by atoms with Crippen LogP contribution in [0, 0.1) is 0 Å². The topological polar surface area (TPSA) is 58.1 Å². The number of nitrogens with one attached hydrogen (secondary N) is 1. The average molecular weight is 353 g/mol. The second kappa shape index (κ2) is 6.69. The SMILES string of the molecule is O=C(Nc1ccc2ncnc(N3CCCC3)c2c1)c1cccc(Cl)c1. The Morgan fingerprint density at radius 2 is 1.92 bits per heavy atom. The Kier molecular flexibility index (Phi) is 4.24. The first kappa shape index (κ1) is 15.8. The molecule has 1 aliphatic heterocycles. The predicted molar refractivity (Wildman–Crippen MR) is 100 cm³/mol. The molecule has 25 heavy (non-hydrogen) atoms. The zero-order valence-corrected chi connectivity index (χ0v) is 14.3. The van der Waals surface area contributed by atoms with Gasteiger partial charge in [-0.05, 0) is 49.2 Å². The van der Waals surface area contributed by atoms with Gasteiger partial charge >= 0.3 is 0 Å². The van der Waals surface area contributed by atoms with Crippen LogP contribution in [0.15, 0.2) is 48.8 Å². The number of nitrogens with zero attached hydrogens (tertiary/aromatic N) is 3. The number of carbonyl (C=O) groups is 1. The van der Waals surface area contributed by atoms with Crippen LogP contribution in [0.3, 0.4) is 0 Å². The van der Waals surface area contributed by atoms with Crippen LogP contribution < -0.4 is 10.2 Å². The van der Waals surface area contributed by atoms with E-state index >= 15 is 0 Å². The maximum Gasteiger partial charge on any atom is 0.255 e. The maximum absolute atomic E-state index is 12.4. The summed E-state index contributed by atoms with van der Waals surface area (Å²) in [4.78, 5) is 23.5. The normalized spacial score (nSPS) is 14.0. The van der Waals surface area contributed by atoms with Crippen LogP contribution in [-0.2, 0) is 0 Å². The number of hydrogen-bond acceptors (Lipinski definition) is 4. The van der Waals surface area contributed by atoms with Crippen molar-refractivity contribution in [3.05, 3.63) is 59.4 Å². The molecule has 1 fully saturated rings. The number of carbonyl (C=O) groups excluding carboxylic acids is 1. The van der Waals surface area contributed by atoms with Gasteiger partial charge < -0.3 is 10.2 Å². The molecule has 0 spiro atoms. The number of hydrogen-bond donors (Lipinski definition) is 1. The first-order valence-electron chi connectivity index (χ1n) is 8.27. The zero-order valence-electron chi connectivity index (χ0n) is 13.6. The number of anilines is 2. The molecule has 2 aromatic carbocycles. The Hall–Kier alpha value is -2.66. The summed E-state index contributed by atoms with van der Waals surface area (Å²) in [7, 11) is 0. The number of benzene rings is 2. The van der Waals surface area contributed by atoms with E-state index < -0.39 is 0 Å². The number of aromatic nitrogens is 2. The van der Waals surface area contributed by atoms with Crippen LogP contribution >= 0.6 is 11.6 Å². The Bertz CT molecular complexity index is 938. The molecular formula is C19H17ClN4O. The quantitative estimate of drug-likeness (QED) is 0.769. The summed E-state index contributed by atoms with van der Waals surface area (Å²) in [6, 6.07) is 12.6. The molecule has 2 heterocycles. The monoisotopic (exact) mass is 352 g/mol. The summed E-state index contributed by atoms with van der Waals surface area (Å²) in [6.07, 6.45) is 3.95. The van der Waals surface area contributed by atoms with Gasteiger partial charge in [0.25, 0.3) is 5.91 Å². The molecular weight excluding hydrogens is 336 g/mol. The summed E-state index contributed by atoms with van der Waals surface area (Å²) in [5, 5.41) is 4.41. The molecule has 0 aliphatic carbocycles. The smallest absolute Gasteiger partial charge is 0.255 e. The molecule has 4 rings (SSSR count). The number of rotatable bonds is 3. The number of amides is 1. The standard InChI is InChI=1S/C19H17ClN4O/c20-14-5-3-4-13(10-14)19(25)23-15-6-7-17-16(11-15)18(22-12-21-17)24-8-1-2-9-24/h3-7,10-12H,1-2,8-9H2,(H,23,25). The molecule has 126 valence electrons. The van der Waals surface area contributed by atoms with Gasteiger partial charge in [0, 0.05) is 34.7 Å². The van der Waals surface area contributed by atoms with E-state index in [-0.39, 0.29) is 5.91 Å². The Labute approximate surface area is 150 Å². The molecule has 1 aromatic heterocycles. The van der Waals surface area contributed by atoms with Crippen molar-refractivity contribution in [1.29, 1.82) is 0 Å². The maximum atomic E-state index is 12.4. The van der Waals surface area contributed by atoms with E-state index in [1.54, 1.807) is 30.6 Å². The molecule has 1 amide bonds. The Morgan fingerprint density at radius 3 is 2.72 bits per heavy atom. The highest BCUT2D eigenvalue weighted by Gasteiger charge is 2.17. The molecule has 1 N–H and O–H groups in total. The van der Waals surface area contributed by atoms with Gasteiger partial charge in [0.05, 0.1) is 5.52 Å². The number of fused-ring (bicyclic) bond motifs is 1. The first-order valence-corrected chi connectivity index (χ1v) is 8.65. The van der Waals surface area contributed by atoms with Gasteiger partial charge in [-0.25, -0.2) is 9.97 Å². The molecule has 0 radical (unpaired) electrons. The van der Waals surface area contributed by atoms with Crippen molar-refractivity contribution in [3.8, 4) is 0 Å². The van der Waals surface area contributed by atoms with Crippen LogP contribution in [0.4, 0.5) is 11.5 Å². The van der Waals surface area contributed by atoms with E-state index in [1.807, 2.05) is 18.2 Å². The second-order valence-electron chi connectivity index (χ2n) is 6.09. The third kappa shape index (κ3) is 3.28. The zero-order chi connectivity index (χ0) is 17.2. The fraction of sp³-hybridized carbons (Fsp3) is 0.211. The Morgan fingerprint density at radius 1 is 1.08 bits per heavy atom. The highest BCUT2D eigenvalue weighted by molar-refractivity contribution is 6.31. The summed E-state index contributed by atoms with van der Waals surface area (Å²) < 4.78 is 0. The highest BCUT2D eigenvalue weighted by atomic mass is 35.5. The first-order chi connectivity index (χ1) is 12.2. The molecule has 1 saturated heterocycles. The van der Waals surface area contributed by atoms with Gasteiger partial charge in [0.1, 0.15) is 12.1 Å². The minimum Gasteiger partial charge on any atom is -0.356 e. The molecule has 5 nitrogen and oxygen atoms in total. The molecule has 3 aromatic rings. The minimum absolute atomic E-state index is 0.193. The van der Waals surface area contributed by atoms with E-state index in [4.69, 9.17) is 11.6 Å². The van der Waals surface area contributed by atoms with Crippen LogP contribution in [0.1, 0.15) is 23.2 Å². The molecule has 0 unspecified atom stereocenters. The van der Waals surface area contributed by atoms with Crippen LogP contribution in [-0.4, -0.2) is 29.0 Å². The van der Waals surface area contributed by atoms with Gasteiger partial charge in [-0.3, -0.25) is 4.79 Å². The number of halogens is 1. The van der Waals surface area contributed by atoms with Crippen molar-refractivity contribution in [2.45, 2.75) is 12.8 Å². The third-order valence-electron chi connectivity index (χ3n) is 4.36. The molecule has 0 bridgehead atoms. The molecule has 0 saturated carbocycles. The lowest BCUT2D eigenvalue weighted by Crippen LogP contribution is -2.19. The van der Waals surface area contributed by atoms with E-state index in [1.165, 1.54) is 12.8 Å². The fourth-order valence-corrected chi connectivity index (χ4v) is 3.32. The largest absolute Gasteiger partial charge is 0.356 e. The molecule has 0 atom stereocenters. The van der Waals surface area contributed by atoms with E-state index in [2.05, 4.69) is 20.2 Å². The fourth-order valence-electron chi connectivity index (χ4n) is 3.13. The summed E-state index contributed by atoms with van der Waals surface area (Å²) in [6.45, 7) is 2.01. The Balaban J connectivity index is 1.66. The van der Waals surface area contributed by atoms with Crippen molar-refractivity contribution in [1.82, 2.24) is 9.97 Å². The van der Waals surface area contributed by atoms with Gasteiger partial charge in [-0.1, -0.05) is 17.7 Å². The van der Waals surface area contributed by atoms with Crippen molar-refractivity contribution < 1.29 is 4.79 Å². The van der Waals surface area contributed by atoms with Crippen molar-refractivity contribution in [2.75, 3.05) is 23.3 Å². The van der Waals surface area contributed by atoms with Crippen molar-refractivity contribution in [2.24, 2.45) is 0 Å². The lowest BCUT2D eigenvalue weighted by atomic mass is 10.1. The highest BCUT2D eigenvalue weighted by Crippen LogP contribution is 2.28. The van der Waals surface area contributed by atoms with E-state index in [0.29, 0.717) is 16.3 Å². The van der Waals surface area contributed by atoms with E-state index in [9.17, 15) is 4.79 Å².